The third-order valence-corrected chi connectivity index (χ3v) is 5.41. The van der Waals surface area contributed by atoms with E-state index < -0.39 is 21.6 Å². The number of rotatable bonds is 4. The minimum Gasteiger partial charge on any atom is -0.224 e. The van der Waals surface area contributed by atoms with Crippen LogP contribution in [0.15, 0.2) is 29.2 Å². The third kappa shape index (κ3) is 3.98. The van der Waals surface area contributed by atoms with Gasteiger partial charge in [-0.3, -0.25) is 0 Å². The molecule has 0 saturated carbocycles. The maximum atomic E-state index is 12.3. The van der Waals surface area contributed by atoms with Crippen molar-refractivity contribution in [2.24, 2.45) is 5.92 Å². The molecule has 1 aromatic rings. The van der Waals surface area contributed by atoms with Gasteiger partial charge in [0.2, 0.25) is 0 Å². The second-order valence-electron chi connectivity index (χ2n) is 4.06. The number of sulfone groups is 1. The van der Waals surface area contributed by atoms with E-state index in [4.69, 9.17) is 0 Å². The summed E-state index contributed by atoms with van der Waals surface area (Å²) in [6.45, 7) is 1.75. The van der Waals surface area contributed by atoms with Crippen molar-refractivity contribution in [3.63, 3.8) is 0 Å². The molecule has 0 N–H and O–H groups in total. The molecule has 0 aliphatic rings. The summed E-state index contributed by atoms with van der Waals surface area (Å²) in [4.78, 5) is -0.0803. The monoisotopic (exact) mass is 344 g/mol. The highest BCUT2D eigenvalue weighted by Crippen LogP contribution is 2.30. The van der Waals surface area contributed by atoms with E-state index in [-0.39, 0.29) is 16.6 Å². The molecule has 0 spiro atoms. The van der Waals surface area contributed by atoms with Gasteiger partial charge in [-0.25, -0.2) is 8.42 Å². The predicted molar refractivity (Wildman–Crippen MR) is 66.5 cm³/mol. The Hall–Kier alpha value is -0.560. The van der Waals surface area contributed by atoms with Gasteiger partial charge in [-0.05, 0) is 30.2 Å². The lowest BCUT2D eigenvalue weighted by Crippen LogP contribution is -2.15. The normalized spacial score (nSPS) is 14.5. The van der Waals surface area contributed by atoms with Crippen molar-refractivity contribution < 1.29 is 21.6 Å². The van der Waals surface area contributed by atoms with Gasteiger partial charge in [-0.15, -0.1) is 0 Å². The minimum absolute atomic E-state index is 0.0803. The van der Waals surface area contributed by atoms with Crippen LogP contribution < -0.4 is 0 Å². The molecule has 0 saturated heterocycles. The fourth-order valence-corrected chi connectivity index (χ4v) is 3.51. The molecule has 0 amide bonds. The smallest absolute Gasteiger partial charge is 0.224 e. The summed E-state index contributed by atoms with van der Waals surface area (Å²) in [7, 11) is -3.53. The van der Waals surface area contributed by atoms with E-state index in [9.17, 15) is 21.6 Å². The molecule has 1 aromatic carbocycles. The topological polar surface area (TPSA) is 34.1 Å². The molecule has 18 heavy (non-hydrogen) atoms. The fraction of sp³-hybridized carbons (Fsp3) is 0.455. The Kier molecular flexibility index (Phi) is 4.83. The summed E-state index contributed by atoms with van der Waals surface area (Å²) in [5.74, 6) is -0.193. The van der Waals surface area contributed by atoms with Gasteiger partial charge in [0, 0.05) is 5.33 Å². The van der Waals surface area contributed by atoms with E-state index in [1.165, 1.54) is 0 Å². The predicted octanol–water partition coefficient (Wildman–Crippen LogP) is 3.51. The van der Waals surface area contributed by atoms with Crippen LogP contribution in [0.2, 0.25) is 0 Å². The van der Waals surface area contributed by atoms with Crippen molar-refractivity contribution >= 4 is 25.8 Å². The van der Waals surface area contributed by atoms with Gasteiger partial charge in [0.15, 0.2) is 9.84 Å². The van der Waals surface area contributed by atoms with Gasteiger partial charge >= 0.3 is 6.18 Å². The van der Waals surface area contributed by atoms with Crippen LogP contribution in [0, 0.1) is 5.92 Å². The molecule has 0 bridgehead atoms. The summed E-state index contributed by atoms with van der Waals surface area (Å²) < 4.78 is 60.7. The molecule has 0 radical (unpaired) electrons. The Labute approximate surface area is 112 Å². The molecular weight excluding hydrogens is 333 g/mol. The lowest BCUT2D eigenvalue weighted by atomic mass is 10.2. The van der Waals surface area contributed by atoms with Crippen LogP contribution in [0.25, 0.3) is 0 Å². The Balaban J connectivity index is 2.98. The van der Waals surface area contributed by atoms with Crippen molar-refractivity contribution in [1.29, 1.82) is 0 Å². The summed E-state index contributed by atoms with van der Waals surface area (Å²) >= 11 is 3.16. The lowest BCUT2D eigenvalue weighted by molar-refractivity contribution is -0.137. The van der Waals surface area contributed by atoms with Crippen LogP contribution >= 0.6 is 15.9 Å². The lowest BCUT2D eigenvalue weighted by Gasteiger charge is -2.10. The zero-order valence-corrected chi connectivity index (χ0v) is 11.9. The van der Waals surface area contributed by atoms with Gasteiger partial charge < -0.3 is 0 Å². The Morgan fingerprint density at radius 1 is 1.22 bits per heavy atom. The van der Waals surface area contributed by atoms with E-state index in [2.05, 4.69) is 15.9 Å². The van der Waals surface area contributed by atoms with Gasteiger partial charge in [-0.1, -0.05) is 22.9 Å². The molecule has 0 fully saturated rings. The zero-order valence-electron chi connectivity index (χ0n) is 9.54. The molecule has 102 valence electrons. The highest BCUT2D eigenvalue weighted by atomic mass is 79.9. The molecule has 0 aromatic heterocycles. The summed E-state index contributed by atoms with van der Waals surface area (Å²) in [6, 6.07) is 3.57. The Morgan fingerprint density at radius 2 is 1.72 bits per heavy atom. The largest absolute Gasteiger partial charge is 0.416 e. The Bertz CT molecular complexity index is 494. The summed E-state index contributed by atoms with van der Waals surface area (Å²) in [5, 5.41) is 0.521. The van der Waals surface area contributed by atoms with Crippen LogP contribution in [0.4, 0.5) is 13.2 Å². The number of benzene rings is 1. The van der Waals surface area contributed by atoms with E-state index in [1.807, 2.05) is 0 Å². The Morgan fingerprint density at radius 3 is 2.11 bits per heavy atom. The maximum absolute atomic E-state index is 12.3. The third-order valence-electron chi connectivity index (χ3n) is 2.31. The SMILES string of the molecule is CC(CBr)CS(=O)(=O)c1ccc(C(F)(F)F)cc1. The molecule has 2 nitrogen and oxygen atoms in total. The quantitative estimate of drug-likeness (QED) is 0.783. The second kappa shape index (κ2) is 5.61. The molecule has 0 aliphatic carbocycles. The first-order valence-corrected chi connectivity index (χ1v) is 7.90. The average molecular weight is 345 g/mol. The van der Waals surface area contributed by atoms with Crippen molar-refractivity contribution in [2.75, 3.05) is 11.1 Å². The van der Waals surface area contributed by atoms with E-state index >= 15 is 0 Å². The van der Waals surface area contributed by atoms with Crippen LogP contribution in [-0.2, 0) is 16.0 Å². The first kappa shape index (κ1) is 15.5. The molecular formula is C11H12BrF3O2S. The summed E-state index contributed by atoms with van der Waals surface area (Å²) in [5.41, 5.74) is -0.852. The standard InChI is InChI=1S/C11H12BrF3O2S/c1-8(6-12)7-18(16,17)10-4-2-9(3-5-10)11(13,14)15/h2-5,8H,6-7H2,1H3. The fourth-order valence-electron chi connectivity index (χ4n) is 1.37. The maximum Gasteiger partial charge on any atom is 0.416 e. The zero-order chi connectivity index (χ0) is 14.0. The number of halogens is 4. The van der Waals surface area contributed by atoms with Gasteiger partial charge in [-0.2, -0.15) is 13.2 Å². The minimum atomic E-state index is -4.45. The van der Waals surface area contributed by atoms with E-state index in [0.29, 0.717) is 5.33 Å². The first-order chi connectivity index (χ1) is 8.16. The van der Waals surface area contributed by atoms with Gasteiger partial charge in [0.05, 0.1) is 16.2 Å². The van der Waals surface area contributed by atoms with Crippen LogP contribution in [-0.4, -0.2) is 19.5 Å². The van der Waals surface area contributed by atoms with E-state index in [0.717, 1.165) is 24.3 Å². The molecule has 0 aliphatic heterocycles. The second-order valence-corrected chi connectivity index (χ2v) is 6.74. The van der Waals surface area contributed by atoms with Crippen molar-refractivity contribution in [3.8, 4) is 0 Å². The number of hydrogen-bond acceptors (Lipinski definition) is 2. The van der Waals surface area contributed by atoms with Crippen molar-refractivity contribution in [1.82, 2.24) is 0 Å². The van der Waals surface area contributed by atoms with Crippen molar-refractivity contribution in [2.45, 2.75) is 18.0 Å². The average Bonchev–Trinajstić information content (AvgIpc) is 2.27. The van der Waals surface area contributed by atoms with Crippen LogP contribution in [0.3, 0.4) is 0 Å². The number of hydrogen-bond donors (Lipinski definition) is 0. The molecule has 1 atom stereocenters. The van der Waals surface area contributed by atoms with Crippen LogP contribution in [0.5, 0.6) is 0 Å². The van der Waals surface area contributed by atoms with Gasteiger partial charge in [0.1, 0.15) is 0 Å². The van der Waals surface area contributed by atoms with E-state index in [1.54, 1.807) is 6.92 Å². The van der Waals surface area contributed by atoms with Gasteiger partial charge in [0.25, 0.3) is 0 Å². The summed E-state index contributed by atoms with van der Waals surface area (Å²) in [6.07, 6.45) is -4.45. The van der Waals surface area contributed by atoms with Crippen molar-refractivity contribution in [3.05, 3.63) is 29.8 Å². The number of alkyl halides is 4. The molecule has 1 unspecified atom stereocenters. The highest BCUT2D eigenvalue weighted by Gasteiger charge is 2.30. The molecule has 7 heteroatoms. The molecule has 0 heterocycles. The highest BCUT2D eigenvalue weighted by molar-refractivity contribution is 9.09. The molecule has 1 rings (SSSR count). The van der Waals surface area contributed by atoms with Crippen LogP contribution in [0.1, 0.15) is 12.5 Å². The first-order valence-electron chi connectivity index (χ1n) is 5.13.